The zero-order valence-corrected chi connectivity index (χ0v) is 20.3. The molecule has 0 saturated carbocycles. The highest BCUT2D eigenvalue weighted by molar-refractivity contribution is 6.31. The number of nitrogens with zero attached hydrogens (tertiary/aromatic N) is 2. The molecule has 0 bridgehead atoms. The Kier molecular flexibility index (Phi) is 7.23. The number of nitrogens with two attached hydrogens (primary N) is 2. The standard InChI is InChI=1S/C26H27ClF2N4O2/c1-14(23-20(28)5-6-21(29)24(23)27)35-22-12-17(13-32-25(22)30)16-3-4-18(26(31)34)19(11-16)15-7-9-33(2)10-8-15/h3-6,11-15H,7-10H2,1-2H3,(H2,30,32)(H2,31,34). The van der Waals surface area contributed by atoms with Gasteiger partial charge in [-0.1, -0.05) is 23.7 Å². The molecule has 0 aliphatic carbocycles. The molecular formula is C26H27ClF2N4O2. The zero-order chi connectivity index (χ0) is 25.3. The molecule has 184 valence electrons. The van der Waals surface area contributed by atoms with Gasteiger partial charge >= 0.3 is 0 Å². The molecular weight excluding hydrogens is 474 g/mol. The van der Waals surface area contributed by atoms with E-state index in [4.69, 9.17) is 27.8 Å². The fraction of sp³-hybridized carbons (Fsp3) is 0.308. The topological polar surface area (TPSA) is 94.5 Å². The molecule has 1 unspecified atom stereocenters. The van der Waals surface area contributed by atoms with Gasteiger partial charge < -0.3 is 21.1 Å². The first-order chi connectivity index (χ1) is 16.7. The van der Waals surface area contributed by atoms with E-state index >= 15 is 0 Å². The highest BCUT2D eigenvalue weighted by Gasteiger charge is 2.24. The highest BCUT2D eigenvalue weighted by Crippen LogP contribution is 2.37. The van der Waals surface area contributed by atoms with Crippen LogP contribution in [0.2, 0.25) is 5.02 Å². The predicted octanol–water partition coefficient (Wildman–Crippen LogP) is 5.31. The second-order valence-corrected chi connectivity index (χ2v) is 9.25. The summed E-state index contributed by atoms with van der Waals surface area (Å²) in [6.07, 6.45) is 2.52. The molecule has 9 heteroatoms. The number of benzene rings is 2. The molecule has 1 saturated heterocycles. The average molecular weight is 501 g/mol. The number of carbonyl (C=O) groups is 1. The van der Waals surface area contributed by atoms with Gasteiger partial charge in [0.15, 0.2) is 11.6 Å². The van der Waals surface area contributed by atoms with Crippen LogP contribution in [0.4, 0.5) is 14.6 Å². The zero-order valence-electron chi connectivity index (χ0n) is 19.5. The van der Waals surface area contributed by atoms with Crippen LogP contribution in [0.1, 0.15) is 53.3 Å². The van der Waals surface area contributed by atoms with Gasteiger partial charge in [-0.05, 0) is 81.2 Å². The van der Waals surface area contributed by atoms with Gasteiger partial charge in [0.05, 0.1) is 5.02 Å². The van der Waals surface area contributed by atoms with E-state index in [0.29, 0.717) is 11.1 Å². The Morgan fingerprint density at radius 3 is 2.51 bits per heavy atom. The maximum atomic E-state index is 14.4. The Balaban J connectivity index is 1.67. The van der Waals surface area contributed by atoms with E-state index in [-0.39, 0.29) is 28.1 Å². The van der Waals surface area contributed by atoms with Crippen LogP contribution >= 0.6 is 11.6 Å². The molecule has 2 aromatic carbocycles. The molecule has 0 spiro atoms. The largest absolute Gasteiger partial charge is 0.482 e. The number of ether oxygens (including phenoxy) is 1. The summed E-state index contributed by atoms with van der Waals surface area (Å²) < 4.78 is 34.1. The Morgan fingerprint density at radius 1 is 1.14 bits per heavy atom. The summed E-state index contributed by atoms with van der Waals surface area (Å²) in [5.74, 6) is -1.38. The summed E-state index contributed by atoms with van der Waals surface area (Å²) in [6.45, 7) is 3.42. The number of primary amides is 1. The Morgan fingerprint density at radius 2 is 1.83 bits per heavy atom. The number of amides is 1. The van der Waals surface area contributed by atoms with Crippen molar-refractivity contribution in [1.82, 2.24) is 9.88 Å². The van der Waals surface area contributed by atoms with Gasteiger partial charge in [-0.25, -0.2) is 13.8 Å². The summed E-state index contributed by atoms with van der Waals surface area (Å²) in [5.41, 5.74) is 14.5. The number of anilines is 1. The van der Waals surface area contributed by atoms with E-state index < -0.39 is 23.6 Å². The molecule has 1 fully saturated rings. The lowest BCUT2D eigenvalue weighted by molar-refractivity contribution is 0.0998. The van der Waals surface area contributed by atoms with Crippen LogP contribution in [0.25, 0.3) is 11.1 Å². The first-order valence-electron chi connectivity index (χ1n) is 11.3. The fourth-order valence-corrected chi connectivity index (χ4v) is 4.80. The van der Waals surface area contributed by atoms with Crippen molar-refractivity contribution in [2.24, 2.45) is 5.73 Å². The number of hydrogen-bond acceptors (Lipinski definition) is 5. The third-order valence-electron chi connectivity index (χ3n) is 6.48. The third-order valence-corrected chi connectivity index (χ3v) is 6.86. The van der Waals surface area contributed by atoms with Crippen molar-refractivity contribution in [2.75, 3.05) is 25.9 Å². The quantitative estimate of drug-likeness (QED) is 0.447. The minimum atomic E-state index is -0.926. The number of hydrogen-bond donors (Lipinski definition) is 2. The molecule has 0 radical (unpaired) electrons. The van der Waals surface area contributed by atoms with Gasteiger partial charge in [-0.3, -0.25) is 4.79 Å². The number of likely N-dealkylation sites (tertiary alicyclic amines) is 1. The number of pyridine rings is 1. The third kappa shape index (κ3) is 5.23. The molecule has 1 aromatic heterocycles. The molecule has 4 rings (SSSR count). The van der Waals surface area contributed by atoms with E-state index in [9.17, 15) is 13.6 Å². The molecule has 1 amide bonds. The van der Waals surface area contributed by atoms with Crippen LogP contribution in [0.15, 0.2) is 42.6 Å². The molecule has 4 N–H and O–H groups in total. The van der Waals surface area contributed by atoms with Gasteiger partial charge in [0.1, 0.15) is 17.7 Å². The summed E-state index contributed by atoms with van der Waals surface area (Å²) >= 11 is 5.98. The van der Waals surface area contributed by atoms with Gasteiger partial charge in [-0.15, -0.1) is 0 Å². The van der Waals surface area contributed by atoms with E-state index in [1.165, 1.54) is 0 Å². The summed E-state index contributed by atoms with van der Waals surface area (Å²) in [6, 6.07) is 9.12. The van der Waals surface area contributed by atoms with Gasteiger partial charge in [0, 0.05) is 22.9 Å². The molecule has 6 nitrogen and oxygen atoms in total. The second-order valence-electron chi connectivity index (χ2n) is 8.87. The summed E-state index contributed by atoms with van der Waals surface area (Å²) in [7, 11) is 2.08. The molecule has 1 aliphatic rings. The van der Waals surface area contributed by atoms with Gasteiger partial charge in [0.25, 0.3) is 0 Å². The van der Waals surface area contributed by atoms with Crippen molar-refractivity contribution in [2.45, 2.75) is 31.8 Å². The van der Waals surface area contributed by atoms with Crippen LogP contribution in [0.3, 0.4) is 0 Å². The van der Waals surface area contributed by atoms with Crippen molar-refractivity contribution >= 4 is 23.3 Å². The minimum absolute atomic E-state index is 0.0952. The number of aromatic nitrogens is 1. The Hall–Kier alpha value is -3.23. The SMILES string of the molecule is CC(Oc1cc(-c2ccc(C(N)=O)c(C3CCN(C)CC3)c2)cnc1N)c1c(F)ccc(F)c1Cl. The number of rotatable bonds is 6. The van der Waals surface area contributed by atoms with Crippen LogP contribution in [0.5, 0.6) is 5.75 Å². The lowest BCUT2D eigenvalue weighted by atomic mass is 9.84. The number of carbonyl (C=O) groups excluding carboxylic acids is 1. The minimum Gasteiger partial charge on any atom is -0.482 e. The Labute approximate surface area is 207 Å². The van der Waals surface area contributed by atoms with Crippen molar-refractivity contribution in [3.8, 4) is 16.9 Å². The second kappa shape index (κ2) is 10.2. The fourth-order valence-electron chi connectivity index (χ4n) is 4.50. The smallest absolute Gasteiger partial charge is 0.248 e. The van der Waals surface area contributed by atoms with Crippen LogP contribution in [0, 0.1) is 11.6 Å². The van der Waals surface area contributed by atoms with E-state index in [1.807, 2.05) is 6.07 Å². The van der Waals surface area contributed by atoms with Crippen molar-refractivity contribution < 1.29 is 18.3 Å². The summed E-state index contributed by atoms with van der Waals surface area (Å²) in [4.78, 5) is 18.6. The first kappa shape index (κ1) is 24.9. The first-order valence-corrected chi connectivity index (χ1v) is 11.7. The normalized spacial score (nSPS) is 15.7. The van der Waals surface area contributed by atoms with Crippen molar-refractivity contribution in [1.29, 1.82) is 0 Å². The number of halogens is 3. The molecule has 2 heterocycles. The van der Waals surface area contributed by atoms with Crippen molar-refractivity contribution in [3.05, 3.63) is 75.9 Å². The summed E-state index contributed by atoms with van der Waals surface area (Å²) in [5, 5.41) is -0.343. The lowest BCUT2D eigenvalue weighted by Crippen LogP contribution is -2.30. The maximum absolute atomic E-state index is 14.4. The van der Waals surface area contributed by atoms with Crippen LogP contribution in [-0.4, -0.2) is 35.9 Å². The predicted molar refractivity (Wildman–Crippen MR) is 132 cm³/mol. The lowest BCUT2D eigenvalue weighted by Gasteiger charge is -2.30. The van der Waals surface area contributed by atoms with Crippen molar-refractivity contribution in [3.63, 3.8) is 0 Å². The van der Waals surface area contributed by atoms with E-state index in [2.05, 4.69) is 16.9 Å². The van der Waals surface area contributed by atoms with E-state index in [1.54, 1.807) is 31.3 Å². The van der Waals surface area contributed by atoms with E-state index in [0.717, 1.165) is 49.2 Å². The van der Waals surface area contributed by atoms with Crippen LogP contribution in [-0.2, 0) is 0 Å². The monoisotopic (exact) mass is 500 g/mol. The maximum Gasteiger partial charge on any atom is 0.248 e. The molecule has 35 heavy (non-hydrogen) atoms. The van der Waals surface area contributed by atoms with Gasteiger partial charge in [0.2, 0.25) is 5.91 Å². The highest BCUT2D eigenvalue weighted by atomic mass is 35.5. The Bertz CT molecular complexity index is 1260. The van der Waals surface area contributed by atoms with Crippen LogP contribution < -0.4 is 16.2 Å². The van der Waals surface area contributed by atoms with Gasteiger partial charge in [-0.2, -0.15) is 0 Å². The number of piperidine rings is 1. The average Bonchev–Trinajstić information content (AvgIpc) is 2.83. The molecule has 3 aromatic rings. The number of nitrogen functional groups attached to an aromatic ring is 1. The molecule has 1 atom stereocenters. The molecule has 1 aliphatic heterocycles.